The number of aliphatic carboxylic acids is 1. The van der Waals surface area contributed by atoms with Crippen molar-refractivity contribution in [3.8, 4) is 11.8 Å². The van der Waals surface area contributed by atoms with Gasteiger partial charge in [-0.2, -0.15) is 5.26 Å². The fourth-order valence-electron chi connectivity index (χ4n) is 2.07. The molecule has 0 bridgehead atoms. The number of nitrogens with zero attached hydrogens (tertiary/aromatic N) is 3. The van der Waals surface area contributed by atoms with Crippen LogP contribution < -0.4 is 0 Å². The smallest absolute Gasteiger partial charge is 0.307 e. The molecule has 0 unspecified atom stereocenters. The van der Waals surface area contributed by atoms with Crippen molar-refractivity contribution in [1.82, 2.24) is 9.55 Å². The van der Waals surface area contributed by atoms with Gasteiger partial charge < -0.3 is 14.8 Å². The Morgan fingerprint density at radius 1 is 1.52 bits per heavy atom. The van der Waals surface area contributed by atoms with Gasteiger partial charge in [-0.15, -0.1) is 0 Å². The molecule has 6 nitrogen and oxygen atoms in total. The molecule has 6 heteroatoms. The summed E-state index contributed by atoms with van der Waals surface area (Å²) in [5.74, 6) is -0.569. The van der Waals surface area contributed by atoms with Crippen LogP contribution in [0.15, 0.2) is 42.7 Å². The highest BCUT2D eigenvalue weighted by Gasteiger charge is 2.11. The average molecular weight is 309 g/mol. The van der Waals surface area contributed by atoms with E-state index >= 15 is 0 Å². The molecule has 2 rings (SSSR count). The Morgan fingerprint density at radius 2 is 2.26 bits per heavy atom. The fourth-order valence-corrected chi connectivity index (χ4v) is 2.07. The van der Waals surface area contributed by atoms with Crippen LogP contribution in [0.3, 0.4) is 0 Å². The summed E-state index contributed by atoms with van der Waals surface area (Å²) in [6.45, 7) is 5.65. The van der Waals surface area contributed by atoms with Crippen LogP contribution in [0.2, 0.25) is 0 Å². The van der Waals surface area contributed by atoms with E-state index in [-0.39, 0.29) is 12.2 Å². The van der Waals surface area contributed by atoms with Crippen LogP contribution in [-0.4, -0.2) is 25.7 Å². The third kappa shape index (κ3) is 3.66. The maximum atomic E-state index is 10.7. The molecule has 2 aromatic rings. The highest BCUT2D eigenvalue weighted by Crippen LogP contribution is 2.25. The van der Waals surface area contributed by atoms with Crippen LogP contribution in [-0.2, 0) is 11.2 Å². The number of carboxylic acid groups (broad SMARTS) is 1. The van der Waals surface area contributed by atoms with Crippen molar-refractivity contribution in [2.75, 3.05) is 0 Å². The lowest BCUT2D eigenvalue weighted by molar-refractivity contribution is -0.136. The van der Waals surface area contributed by atoms with Gasteiger partial charge in [0.2, 0.25) is 0 Å². The minimum absolute atomic E-state index is 0.100. The zero-order chi connectivity index (χ0) is 17.0. The summed E-state index contributed by atoms with van der Waals surface area (Å²) < 4.78 is 1.69. The summed E-state index contributed by atoms with van der Waals surface area (Å²) >= 11 is 0. The van der Waals surface area contributed by atoms with E-state index in [1.807, 2.05) is 6.07 Å². The second kappa shape index (κ2) is 6.62. The quantitative estimate of drug-likeness (QED) is 0.827. The number of carboxylic acids is 1. The first-order valence-electron chi connectivity index (χ1n) is 6.77. The fraction of sp³-hybridized carbons (Fsp3) is 0.118. The number of phenolic OH excluding ortho intramolecular Hbond substituents is 1. The van der Waals surface area contributed by atoms with Gasteiger partial charge in [-0.1, -0.05) is 18.7 Å². The number of nitriles is 1. The molecule has 0 radical (unpaired) electrons. The molecule has 23 heavy (non-hydrogen) atoms. The highest BCUT2D eigenvalue weighted by molar-refractivity contribution is 5.73. The standard InChI is InChI=1S/C17H15N3O3/c1-11(10-18)7-16-19-5-6-20(16)12(2)13-3-4-14(9-17(22)23)15(21)8-13/h3-8,21H,2,9H2,1H3,(H,22,23)/b11-7+. The molecule has 1 aromatic heterocycles. The van der Waals surface area contributed by atoms with E-state index in [1.165, 1.54) is 6.07 Å². The lowest BCUT2D eigenvalue weighted by Gasteiger charge is -2.11. The number of benzene rings is 1. The maximum Gasteiger partial charge on any atom is 0.307 e. The number of imidazole rings is 1. The molecule has 1 heterocycles. The van der Waals surface area contributed by atoms with Gasteiger partial charge in [0.25, 0.3) is 0 Å². The van der Waals surface area contributed by atoms with Crippen molar-refractivity contribution in [3.63, 3.8) is 0 Å². The van der Waals surface area contributed by atoms with E-state index in [0.29, 0.717) is 28.2 Å². The third-order valence-electron chi connectivity index (χ3n) is 3.24. The highest BCUT2D eigenvalue weighted by atomic mass is 16.4. The Hall–Kier alpha value is -3.33. The van der Waals surface area contributed by atoms with Crippen molar-refractivity contribution in [1.29, 1.82) is 5.26 Å². The summed E-state index contributed by atoms with van der Waals surface area (Å²) in [6, 6.07) is 6.73. The zero-order valence-corrected chi connectivity index (χ0v) is 12.5. The summed E-state index contributed by atoms with van der Waals surface area (Å²) in [5, 5.41) is 27.6. The Bertz CT molecular complexity index is 841. The van der Waals surface area contributed by atoms with Gasteiger partial charge >= 0.3 is 5.97 Å². The Morgan fingerprint density at radius 3 is 2.87 bits per heavy atom. The van der Waals surface area contributed by atoms with E-state index in [4.69, 9.17) is 10.4 Å². The molecule has 0 saturated heterocycles. The molecule has 0 fully saturated rings. The van der Waals surface area contributed by atoms with Crippen molar-refractivity contribution in [2.45, 2.75) is 13.3 Å². The summed E-state index contributed by atoms with van der Waals surface area (Å²) in [5.41, 5.74) is 2.01. The predicted molar refractivity (Wildman–Crippen MR) is 85.4 cm³/mol. The first-order valence-corrected chi connectivity index (χ1v) is 6.77. The number of allylic oxidation sites excluding steroid dienone is 1. The normalized spacial score (nSPS) is 11.0. The molecule has 0 atom stereocenters. The number of hydrogen-bond donors (Lipinski definition) is 2. The summed E-state index contributed by atoms with van der Waals surface area (Å²) in [6.07, 6.45) is 4.66. The maximum absolute atomic E-state index is 10.7. The summed E-state index contributed by atoms with van der Waals surface area (Å²) in [7, 11) is 0. The molecule has 0 aliphatic carbocycles. The molecule has 0 amide bonds. The van der Waals surface area contributed by atoms with Crippen LogP contribution in [0.25, 0.3) is 11.8 Å². The molecule has 0 aliphatic rings. The SMILES string of the molecule is C=C(c1ccc(CC(=O)O)c(O)c1)n1ccnc1/C=C(\C)C#N. The first kappa shape index (κ1) is 16.0. The van der Waals surface area contributed by atoms with E-state index in [1.54, 1.807) is 42.1 Å². The average Bonchev–Trinajstić information content (AvgIpc) is 2.96. The second-order valence-corrected chi connectivity index (χ2v) is 4.96. The van der Waals surface area contributed by atoms with Gasteiger partial charge in [0.1, 0.15) is 11.6 Å². The van der Waals surface area contributed by atoms with Crippen molar-refractivity contribution < 1.29 is 15.0 Å². The van der Waals surface area contributed by atoms with Crippen LogP contribution in [0.1, 0.15) is 23.9 Å². The third-order valence-corrected chi connectivity index (χ3v) is 3.24. The zero-order valence-electron chi connectivity index (χ0n) is 12.5. The Balaban J connectivity index is 2.36. The first-order chi connectivity index (χ1) is 10.9. The molecule has 1 aromatic carbocycles. The molecular formula is C17H15N3O3. The van der Waals surface area contributed by atoms with Gasteiger partial charge in [0.15, 0.2) is 0 Å². The Kier molecular flexibility index (Phi) is 4.62. The van der Waals surface area contributed by atoms with Crippen LogP contribution in [0.4, 0.5) is 0 Å². The molecule has 0 aliphatic heterocycles. The molecule has 2 N–H and O–H groups in total. The number of rotatable bonds is 5. The number of hydrogen-bond acceptors (Lipinski definition) is 4. The second-order valence-electron chi connectivity index (χ2n) is 4.96. The minimum Gasteiger partial charge on any atom is -0.508 e. The van der Waals surface area contributed by atoms with E-state index in [0.717, 1.165) is 0 Å². The van der Waals surface area contributed by atoms with Crippen LogP contribution in [0.5, 0.6) is 5.75 Å². The topological polar surface area (TPSA) is 99.1 Å². The lowest BCUT2D eigenvalue weighted by atomic mass is 10.1. The monoisotopic (exact) mass is 309 g/mol. The largest absolute Gasteiger partial charge is 0.508 e. The van der Waals surface area contributed by atoms with Crippen molar-refractivity contribution in [3.05, 3.63) is 59.7 Å². The number of phenols is 1. The van der Waals surface area contributed by atoms with E-state index in [2.05, 4.69) is 11.6 Å². The van der Waals surface area contributed by atoms with Crippen molar-refractivity contribution in [2.24, 2.45) is 0 Å². The van der Waals surface area contributed by atoms with Gasteiger partial charge in [0, 0.05) is 34.8 Å². The number of aromatic hydroxyl groups is 1. The molecule has 116 valence electrons. The number of carbonyl (C=O) groups is 1. The minimum atomic E-state index is -1.01. The van der Waals surface area contributed by atoms with E-state index < -0.39 is 5.97 Å². The number of aromatic nitrogens is 2. The molecule has 0 spiro atoms. The van der Waals surface area contributed by atoms with Gasteiger partial charge in [-0.25, -0.2) is 4.98 Å². The predicted octanol–water partition coefficient (Wildman–Crippen LogP) is 2.66. The van der Waals surface area contributed by atoms with Crippen molar-refractivity contribution >= 4 is 17.7 Å². The lowest BCUT2D eigenvalue weighted by Crippen LogP contribution is -2.02. The molecular weight excluding hydrogens is 294 g/mol. The van der Waals surface area contributed by atoms with Crippen LogP contribution in [0, 0.1) is 11.3 Å². The van der Waals surface area contributed by atoms with Gasteiger partial charge in [-0.05, 0) is 19.1 Å². The van der Waals surface area contributed by atoms with E-state index in [9.17, 15) is 9.90 Å². The Labute approximate surface area is 133 Å². The van der Waals surface area contributed by atoms with Gasteiger partial charge in [0.05, 0.1) is 12.5 Å². The van der Waals surface area contributed by atoms with Crippen LogP contribution >= 0.6 is 0 Å². The molecule has 0 saturated carbocycles. The van der Waals surface area contributed by atoms with Gasteiger partial charge in [-0.3, -0.25) is 4.79 Å². The summed E-state index contributed by atoms with van der Waals surface area (Å²) in [4.78, 5) is 14.9.